The van der Waals surface area contributed by atoms with Crippen molar-refractivity contribution in [1.82, 2.24) is 0 Å². The third-order valence-corrected chi connectivity index (χ3v) is 3.44. The number of halogens is 7. The number of phenolic OH excluding ortho intramolecular Hbond substituents is 1. The number of aromatic hydroxyl groups is 1. The molecule has 0 aromatic heterocycles. The number of rotatable bonds is 2. The van der Waals surface area contributed by atoms with E-state index in [1.807, 2.05) is 0 Å². The molecule has 2 rings (SSSR count). The Morgan fingerprint density at radius 2 is 1.43 bits per heavy atom. The first-order valence-corrected chi connectivity index (χ1v) is 8.20. The van der Waals surface area contributed by atoms with Crippen LogP contribution in [0.2, 0.25) is 10.0 Å². The molecule has 2 nitrogen and oxygen atoms in total. The minimum atomic E-state index is -4.34. The molecule has 0 unspecified atom stereocenters. The van der Waals surface area contributed by atoms with Gasteiger partial charge < -0.3 is 9.84 Å². The van der Waals surface area contributed by atoms with Crippen molar-refractivity contribution < 1.29 is 23.0 Å². The average molecular weight is 497 g/mol. The molecule has 1 N–H and O–H groups in total. The normalized spacial score (nSPS) is 10.7. The van der Waals surface area contributed by atoms with Gasteiger partial charge in [0.2, 0.25) is 0 Å². The van der Waals surface area contributed by atoms with Crippen molar-refractivity contribution in [2.45, 2.75) is 6.18 Å². The van der Waals surface area contributed by atoms with Crippen molar-refractivity contribution in [3.05, 3.63) is 55.4 Å². The van der Waals surface area contributed by atoms with Gasteiger partial charge in [0.05, 0.1) is 0 Å². The van der Waals surface area contributed by atoms with Gasteiger partial charge >= 0.3 is 6.18 Å². The van der Waals surface area contributed by atoms with Crippen LogP contribution >= 0.6 is 55.1 Å². The molecule has 2 aromatic rings. The highest BCUT2D eigenvalue weighted by atomic mass is 79.9. The Morgan fingerprint density at radius 3 is 1.87 bits per heavy atom. The second kappa shape index (κ2) is 9.01. The quantitative estimate of drug-likeness (QED) is 0.492. The van der Waals surface area contributed by atoms with Crippen LogP contribution in [0.25, 0.3) is 0 Å². The topological polar surface area (TPSA) is 29.5 Å². The second-order valence-electron chi connectivity index (χ2n) is 4.14. The summed E-state index contributed by atoms with van der Waals surface area (Å²) in [7, 11) is 0. The standard InChI is InChI=1S/C8H5BrClF3O.C6H4BrClO/c9-5-1-6(10)3-7(2-5)14-4-8(11,12)13;7-4-1-5(8)3-6(9)2-4/h1-3H,4H2;1-3,9H. The minimum Gasteiger partial charge on any atom is -0.508 e. The molecular weight excluding hydrogens is 488 g/mol. The van der Waals surface area contributed by atoms with E-state index < -0.39 is 12.8 Å². The number of benzene rings is 2. The maximum absolute atomic E-state index is 11.8. The molecule has 126 valence electrons. The van der Waals surface area contributed by atoms with Crippen molar-refractivity contribution in [2.75, 3.05) is 6.61 Å². The van der Waals surface area contributed by atoms with E-state index in [-0.39, 0.29) is 11.5 Å². The van der Waals surface area contributed by atoms with Crippen LogP contribution < -0.4 is 4.74 Å². The number of alkyl halides is 3. The van der Waals surface area contributed by atoms with Gasteiger partial charge in [0.15, 0.2) is 6.61 Å². The summed E-state index contributed by atoms with van der Waals surface area (Å²) in [5.74, 6) is 0.260. The lowest BCUT2D eigenvalue weighted by Crippen LogP contribution is -2.19. The van der Waals surface area contributed by atoms with Gasteiger partial charge in [-0.15, -0.1) is 0 Å². The van der Waals surface area contributed by atoms with Gasteiger partial charge in [-0.1, -0.05) is 55.1 Å². The summed E-state index contributed by atoms with van der Waals surface area (Å²) in [5.41, 5.74) is 0. The van der Waals surface area contributed by atoms with E-state index in [0.717, 1.165) is 4.47 Å². The van der Waals surface area contributed by atoms with Gasteiger partial charge in [0.1, 0.15) is 11.5 Å². The van der Waals surface area contributed by atoms with Crippen LogP contribution in [0.4, 0.5) is 13.2 Å². The molecule has 0 saturated heterocycles. The Kier molecular flexibility index (Phi) is 8.00. The summed E-state index contributed by atoms with van der Waals surface area (Å²) >= 11 is 17.4. The van der Waals surface area contributed by atoms with Gasteiger partial charge in [-0.05, 0) is 36.4 Å². The molecule has 0 saturated carbocycles. The smallest absolute Gasteiger partial charge is 0.422 e. The van der Waals surface area contributed by atoms with Crippen molar-refractivity contribution in [3.8, 4) is 11.5 Å². The molecule has 0 fully saturated rings. The van der Waals surface area contributed by atoms with Crippen LogP contribution in [0.3, 0.4) is 0 Å². The molecule has 0 aliphatic rings. The lowest BCUT2D eigenvalue weighted by molar-refractivity contribution is -0.153. The fourth-order valence-electron chi connectivity index (χ4n) is 1.32. The van der Waals surface area contributed by atoms with Crippen LogP contribution in [0, 0.1) is 0 Å². The van der Waals surface area contributed by atoms with Crippen LogP contribution in [0.1, 0.15) is 0 Å². The van der Waals surface area contributed by atoms with Gasteiger partial charge in [-0.3, -0.25) is 0 Å². The number of hydrogen-bond donors (Lipinski definition) is 1. The summed E-state index contributed by atoms with van der Waals surface area (Å²) in [5, 5.41) is 9.73. The first kappa shape index (κ1) is 20.4. The molecule has 0 aliphatic carbocycles. The molecule has 2 aromatic carbocycles. The largest absolute Gasteiger partial charge is 0.508 e. The van der Waals surface area contributed by atoms with E-state index >= 15 is 0 Å². The SMILES string of the molecule is FC(F)(F)COc1cc(Cl)cc(Br)c1.Oc1cc(Cl)cc(Br)c1. The average Bonchev–Trinajstić information content (AvgIpc) is 2.33. The fourth-order valence-corrected chi connectivity index (χ4v) is 2.99. The van der Waals surface area contributed by atoms with Crippen LogP contribution in [-0.2, 0) is 0 Å². The summed E-state index contributed by atoms with van der Waals surface area (Å²) < 4.78 is 41.2. The van der Waals surface area contributed by atoms with E-state index in [2.05, 4.69) is 36.6 Å². The Hall–Kier alpha value is -0.630. The molecule has 0 spiro atoms. The first-order chi connectivity index (χ1) is 10.5. The number of phenols is 1. The molecule has 0 bridgehead atoms. The van der Waals surface area contributed by atoms with Crippen molar-refractivity contribution in [2.24, 2.45) is 0 Å². The molecule has 0 amide bonds. The highest BCUT2D eigenvalue weighted by Gasteiger charge is 2.28. The fraction of sp³-hybridized carbons (Fsp3) is 0.143. The van der Waals surface area contributed by atoms with Crippen molar-refractivity contribution in [1.29, 1.82) is 0 Å². The Labute approximate surface area is 157 Å². The van der Waals surface area contributed by atoms with Crippen molar-refractivity contribution >= 4 is 55.1 Å². The summed E-state index contributed by atoms with van der Waals surface area (Å²) in [4.78, 5) is 0. The number of ether oxygens (including phenoxy) is 1. The Bertz CT molecular complexity index is 596. The Morgan fingerprint density at radius 1 is 0.913 bits per heavy atom. The lowest BCUT2D eigenvalue weighted by atomic mass is 10.3. The van der Waals surface area contributed by atoms with E-state index in [1.54, 1.807) is 18.2 Å². The van der Waals surface area contributed by atoms with Gasteiger partial charge in [-0.25, -0.2) is 0 Å². The highest BCUT2D eigenvalue weighted by molar-refractivity contribution is 9.10. The third kappa shape index (κ3) is 9.30. The second-order valence-corrected chi connectivity index (χ2v) is 6.84. The first-order valence-electron chi connectivity index (χ1n) is 5.86. The van der Waals surface area contributed by atoms with Gasteiger partial charge in [0.25, 0.3) is 0 Å². The highest BCUT2D eigenvalue weighted by Crippen LogP contribution is 2.26. The zero-order valence-electron chi connectivity index (χ0n) is 11.2. The zero-order chi connectivity index (χ0) is 17.6. The Balaban J connectivity index is 0.000000253. The maximum atomic E-state index is 11.8. The minimum absolute atomic E-state index is 0.0849. The lowest BCUT2D eigenvalue weighted by Gasteiger charge is -2.09. The third-order valence-electron chi connectivity index (χ3n) is 2.09. The number of hydrogen-bond acceptors (Lipinski definition) is 2. The predicted molar refractivity (Wildman–Crippen MR) is 91.5 cm³/mol. The maximum Gasteiger partial charge on any atom is 0.422 e. The molecule has 23 heavy (non-hydrogen) atoms. The molecule has 0 radical (unpaired) electrons. The zero-order valence-corrected chi connectivity index (χ0v) is 15.9. The summed E-state index contributed by atoms with van der Waals surface area (Å²) in [6.07, 6.45) is -4.34. The molecule has 0 heterocycles. The monoisotopic (exact) mass is 494 g/mol. The molecule has 0 atom stereocenters. The predicted octanol–water partition coefficient (Wildman–Crippen LogP) is 6.85. The summed E-state index contributed by atoms with van der Waals surface area (Å²) in [6, 6.07) is 9.05. The van der Waals surface area contributed by atoms with E-state index in [0.29, 0.717) is 14.5 Å². The van der Waals surface area contributed by atoms with Crippen molar-refractivity contribution in [3.63, 3.8) is 0 Å². The van der Waals surface area contributed by atoms with E-state index in [4.69, 9.17) is 28.3 Å². The van der Waals surface area contributed by atoms with Gasteiger partial charge in [0, 0.05) is 19.0 Å². The molecule has 0 aliphatic heterocycles. The molecule has 9 heteroatoms. The van der Waals surface area contributed by atoms with E-state index in [9.17, 15) is 13.2 Å². The summed E-state index contributed by atoms with van der Waals surface area (Å²) in [6.45, 7) is -1.32. The molecular formula is C14H9Br2Cl2F3O2. The van der Waals surface area contributed by atoms with E-state index in [1.165, 1.54) is 18.2 Å². The van der Waals surface area contributed by atoms with Crippen LogP contribution in [0.15, 0.2) is 45.3 Å². The van der Waals surface area contributed by atoms with Crippen LogP contribution in [-0.4, -0.2) is 17.9 Å². The van der Waals surface area contributed by atoms with Gasteiger partial charge in [-0.2, -0.15) is 13.2 Å². The van der Waals surface area contributed by atoms with Crippen LogP contribution in [0.5, 0.6) is 11.5 Å².